The molecular weight excluding hydrogens is 362 g/mol. The van der Waals surface area contributed by atoms with Crippen LogP contribution in [0.5, 0.6) is 0 Å². The Morgan fingerprint density at radius 1 is 1.27 bits per heavy atom. The fourth-order valence-electron chi connectivity index (χ4n) is 3.53. The molecule has 2 heterocycles. The molecule has 2 N–H and O–H groups in total. The molecule has 6 nitrogen and oxygen atoms in total. The summed E-state index contributed by atoms with van der Waals surface area (Å²) in [5, 5.41) is 7.31. The zero-order valence-electron chi connectivity index (χ0n) is 14.9. The van der Waals surface area contributed by atoms with Crippen molar-refractivity contribution in [3.05, 3.63) is 46.8 Å². The fourth-order valence-corrected chi connectivity index (χ4v) is 5.24. The van der Waals surface area contributed by atoms with Crippen molar-refractivity contribution in [1.29, 1.82) is 0 Å². The van der Waals surface area contributed by atoms with Crippen molar-refractivity contribution in [2.45, 2.75) is 37.1 Å². The summed E-state index contributed by atoms with van der Waals surface area (Å²) in [5.41, 5.74) is 1.55. The van der Waals surface area contributed by atoms with Gasteiger partial charge < -0.3 is 5.32 Å². The summed E-state index contributed by atoms with van der Waals surface area (Å²) in [5.74, 6) is -2.10. The van der Waals surface area contributed by atoms with E-state index in [-0.39, 0.29) is 10.8 Å². The zero-order chi connectivity index (χ0) is 19.1. The number of hydrogen-bond donors (Lipinski definition) is 2. The van der Waals surface area contributed by atoms with Gasteiger partial charge in [-0.2, -0.15) is 5.10 Å². The lowest BCUT2D eigenvalue weighted by Crippen LogP contribution is -2.50. The summed E-state index contributed by atoms with van der Waals surface area (Å²) in [6, 6.07) is 3.26. The van der Waals surface area contributed by atoms with Crippen LogP contribution < -0.4 is 10.0 Å². The Kier molecular flexibility index (Phi) is 5.14. The highest BCUT2D eigenvalue weighted by Gasteiger charge is 2.33. The molecule has 3 rings (SSSR count). The molecule has 142 valence electrons. The van der Waals surface area contributed by atoms with Gasteiger partial charge in [0.1, 0.15) is 4.90 Å². The highest BCUT2D eigenvalue weighted by atomic mass is 32.2. The van der Waals surface area contributed by atoms with Crippen LogP contribution in [0.25, 0.3) is 0 Å². The molecule has 1 aliphatic heterocycles. The molecule has 9 heteroatoms. The summed E-state index contributed by atoms with van der Waals surface area (Å²) in [4.78, 5) is 0.162. The second kappa shape index (κ2) is 7.05. The van der Waals surface area contributed by atoms with Gasteiger partial charge in [0.2, 0.25) is 10.0 Å². The lowest BCUT2D eigenvalue weighted by atomic mass is 9.86. The Balaban J connectivity index is 1.92. The number of aromatic nitrogens is 2. The van der Waals surface area contributed by atoms with E-state index in [1.165, 1.54) is 10.7 Å². The van der Waals surface area contributed by atoms with Crippen molar-refractivity contribution in [3.63, 3.8) is 0 Å². The summed E-state index contributed by atoms with van der Waals surface area (Å²) >= 11 is 0. The van der Waals surface area contributed by atoms with Gasteiger partial charge in [0.15, 0.2) is 11.6 Å². The Morgan fingerprint density at radius 2 is 2.00 bits per heavy atom. The number of nitrogens with zero attached hydrogens (tertiary/aromatic N) is 2. The average molecular weight is 384 g/mol. The van der Waals surface area contributed by atoms with Gasteiger partial charge in [0.25, 0.3) is 0 Å². The van der Waals surface area contributed by atoms with Gasteiger partial charge >= 0.3 is 0 Å². The van der Waals surface area contributed by atoms with E-state index in [4.69, 9.17) is 0 Å². The van der Waals surface area contributed by atoms with Gasteiger partial charge in [-0.25, -0.2) is 21.9 Å². The molecule has 2 unspecified atom stereocenters. The van der Waals surface area contributed by atoms with E-state index in [0.717, 1.165) is 12.1 Å². The molecule has 2 aromatic rings. The molecule has 26 heavy (non-hydrogen) atoms. The van der Waals surface area contributed by atoms with Crippen LogP contribution in [0.15, 0.2) is 23.1 Å². The molecule has 1 aliphatic rings. The van der Waals surface area contributed by atoms with E-state index in [9.17, 15) is 17.2 Å². The van der Waals surface area contributed by atoms with Crippen LogP contribution in [0.3, 0.4) is 0 Å². The first-order valence-electron chi connectivity index (χ1n) is 8.39. The van der Waals surface area contributed by atoms with Crippen molar-refractivity contribution in [2.24, 2.45) is 7.05 Å². The van der Waals surface area contributed by atoms with Gasteiger partial charge in [0, 0.05) is 25.6 Å². The Hall–Kier alpha value is -1.84. The van der Waals surface area contributed by atoms with E-state index in [0.29, 0.717) is 36.5 Å². The summed E-state index contributed by atoms with van der Waals surface area (Å²) in [7, 11) is -2.11. The molecular formula is C17H22F2N4O2S. The third kappa shape index (κ3) is 3.51. The molecule has 0 spiro atoms. The third-order valence-corrected chi connectivity index (χ3v) is 6.61. The fraction of sp³-hybridized carbons (Fsp3) is 0.471. The molecule has 0 aliphatic carbocycles. The van der Waals surface area contributed by atoms with Crippen LogP contribution in [0, 0.1) is 25.5 Å². The maximum Gasteiger partial charge on any atom is 0.244 e. The number of hydrogen-bond acceptors (Lipinski definition) is 4. The van der Waals surface area contributed by atoms with Gasteiger partial charge in [-0.1, -0.05) is 6.07 Å². The molecule has 0 bridgehead atoms. The van der Waals surface area contributed by atoms with Crippen molar-refractivity contribution >= 4 is 10.0 Å². The minimum Gasteiger partial charge on any atom is -0.315 e. The quantitative estimate of drug-likeness (QED) is 0.842. The van der Waals surface area contributed by atoms with Gasteiger partial charge in [-0.3, -0.25) is 4.68 Å². The molecule has 1 saturated heterocycles. The van der Waals surface area contributed by atoms with Crippen LogP contribution >= 0.6 is 0 Å². The number of rotatable bonds is 4. The van der Waals surface area contributed by atoms with Crippen LogP contribution in [0.2, 0.25) is 0 Å². The smallest absolute Gasteiger partial charge is 0.244 e. The van der Waals surface area contributed by atoms with Crippen LogP contribution in [0.4, 0.5) is 8.78 Å². The maximum atomic E-state index is 13.6. The topological polar surface area (TPSA) is 76.0 Å². The number of benzene rings is 1. The van der Waals surface area contributed by atoms with Crippen LogP contribution in [0.1, 0.15) is 29.3 Å². The number of halogens is 2. The van der Waals surface area contributed by atoms with Gasteiger partial charge in [0.05, 0.1) is 11.4 Å². The van der Waals surface area contributed by atoms with Gasteiger partial charge in [-0.05, 0) is 44.5 Å². The van der Waals surface area contributed by atoms with E-state index >= 15 is 0 Å². The molecule has 0 amide bonds. The summed E-state index contributed by atoms with van der Waals surface area (Å²) < 4.78 is 57.0. The Labute approximate surface area is 151 Å². The first-order chi connectivity index (χ1) is 12.2. The van der Waals surface area contributed by atoms with Crippen molar-refractivity contribution in [1.82, 2.24) is 19.8 Å². The standard InChI is InChI=1S/C17H22F2N4O2S/c1-10-17(11(2)23(3)21-10)26(24,25)22-16-9-20-7-6-13(16)12-4-5-14(18)15(19)8-12/h4-5,8,13,16,20,22H,6-7,9H2,1-3H3. The molecule has 1 fully saturated rings. The minimum atomic E-state index is -3.80. The Morgan fingerprint density at radius 3 is 2.62 bits per heavy atom. The SMILES string of the molecule is Cc1nn(C)c(C)c1S(=O)(=O)NC1CNCCC1c1ccc(F)c(F)c1. The van der Waals surface area contributed by atoms with E-state index < -0.39 is 27.7 Å². The van der Waals surface area contributed by atoms with E-state index in [1.54, 1.807) is 20.9 Å². The van der Waals surface area contributed by atoms with Gasteiger partial charge in [-0.15, -0.1) is 0 Å². The molecule has 1 aromatic heterocycles. The van der Waals surface area contributed by atoms with E-state index in [2.05, 4.69) is 15.1 Å². The highest BCUT2D eigenvalue weighted by Crippen LogP contribution is 2.29. The first kappa shape index (κ1) is 18.9. The first-order valence-corrected chi connectivity index (χ1v) is 9.87. The normalized spacial score (nSPS) is 21.1. The second-order valence-corrected chi connectivity index (χ2v) is 8.27. The van der Waals surface area contributed by atoms with Crippen molar-refractivity contribution in [3.8, 4) is 0 Å². The number of aryl methyl sites for hydroxylation is 2. The van der Waals surface area contributed by atoms with Crippen LogP contribution in [-0.4, -0.2) is 37.3 Å². The molecule has 0 radical (unpaired) electrons. The third-order valence-electron chi connectivity index (χ3n) is 4.87. The molecule has 0 saturated carbocycles. The summed E-state index contributed by atoms with van der Waals surface area (Å²) in [6.07, 6.45) is 0.614. The number of piperidine rings is 1. The molecule has 2 atom stereocenters. The van der Waals surface area contributed by atoms with Crippen molar-refractivity contribution in [2.75, 3.05) is 13.1 Å². The zero-order valence-corrected chi connectivity index (χ0v) is 15.7. The summed E-state index contributed by atoms with van der Waals surface area (Å²) in [6.45, 7) is 4.42. The monoisotopic (exact) mass is 384 g/mol. The average Bonchev–Trinajstić information content (AvgIpc) is 2.83. The minimum absolute atomic E-state index is 0.162. The Bertz CT molecular complexity index is 927. The molecule has 1 aromatic carbocycles. The number of nitrogens with one attached hydrogen (secondary N) is 2. The van der Waals surface area contributed by atoms with Crippen LogP contribution in [-0.2, 0) is 17.1 Å². The van der Waals surface area contributed by atoms with Crippen molar-refractivity contribution < 1.29 is 17.2 Å². The second-order valence-electron chi connectivity index (χ2n) is 6.62. The number of sulfonamides is 1. The maximum absolute atomic E-state index is 13.6. The lowest BCUT2D eigenvalue weighted by Gasteiger charge is -2.33. The van der Waals surface area contributed by atoms with E-state index in [1.807, 2.05) is 0 Å². The largest absolute Gasteiger partial charge is 0.315 e. The highest BCUT2D eigenvalue weighted by molar-refractivity contribution is 7.89. The predicted octanol–water partition coefficient (Wildman–Crippen LogP) is 1.74. The lowest BCUT2D eigenvalue weighted by molar-refractivity contribution is 0.376. The predicted molar refractivity (Wildman–Crippen MR) is 93.4 cm³/mol.